The molecular weight excluding hydrogens is 288 g/mol. The van der Waals surface area contributed by atoms with Crippen LogP contribution in [-0.4, -0.2) is 29.4 Å². The number of benzene rings is 2. The maximum Gasteiger partial charge on any atom is 0.254 e. The van der Waals surface area contributed by atoms with Gasteiger partial charge in [0.15, 0.2) is 0 Å². The highest BCUT2D eigenvalue weighted by molar-refractivity contribution is 5.95. The molecule has 4 nitrogen and oxygen atoms in total. The Balaban J connectivity index is 1.65. The number of para-hydroxylation sites is 1. The van der Waals surface area contributed by atoms with Crippen LogP contribution >= 0.6 is 0 Å². The van der Waals surface area contributed by atoms with Crippen molar-refractivity contribution in [2.75, 3.05) is 13.7 Å². The summed E-state index contributed by atoms with van der Waals surface area (Å²) in [4.78, 5) is 18.2. The quantitative estimate of drug-likeness (QED) is 0.789. The molecule has 1 aromatic heterocycles. The molecule has 0 spiro atoms. The highest BCUT2D eigenvalue weighted by Gasteiger charge is 2.24. The molecule has 0 saturated heterocycles. The minimum atomic E-state index is 0.0554. The van der Waals surface area contributed by atoms with Crippen LogP contribution in [0.25, 0.3) is 10.9 Å². The van der Waals surface area contributed by atoms with E-state index >= 15 is 0 Å². The number of ether oxygens (including phenoxy) is 1. The van der Waals surface area contributed by atoms with Crippen LogP contribution in [0.2, 0.25) is 0 Å². The number of hydrogen-bond acceptors (Lipinski definition) is 2. The Kier molecular flexibility index (Phi) is 3.30. The lowest BCUT2D eigenvalue weighted by molar-refractivity contribution is 0.0734. The molecule has 0 bridgehead atoms. The summed E-state index contributed by atoms with van der Waals surface area (Å²) in [5.41, 5.74) is 4.31. The van der Waals surface area contributed by atoms with Gasteiger partial charge in [0, 0.05) is 47.2 Å². The Labute approximate surface area is 134 Å². The van der Waals surface area contributed by atoms with Crippen LogP contribution in [0, 0.1) is 0 Å². The summed E-state index contributed by atoms with van der Waals surface area (Å²) in [5, 5.41) is 1.21. The normalized spacial score (nSPS) is 13.9. The van der Waals surface area contributed by atoms with Crippen LogP contribution in [0.1, 0.15) is 21.6 Å². The number of nitrogens with zero attached hydrogens (tertiary/aromatic N) is 1. The number of aromatic amines is 1. The van der Waals surface area contributed by atoms with Gasteiger partial charge in [0.2, 0.25) is 0 Å². The Morgan fingerprint density at radius 1 is 1.17 bits per heavy atom. The van der Waals surface area contributed by atoms with E-state index in [1.165, 1.54) is 16.6 Å². The van der Waals surface area contributed by atoms with Gasteiger partial charge in [-0.1, -0.05) is 24.3 Å². The summed E-state index contributed by atoms with van der Waals surface area (Å²) in [5.74, 6) is 0.764. The number of aromatic nitrogens is 1. The van der Waals surface area contributed by atoms with Crippen LogP contribution in [0.15, 0.2) is 48.5 Å². The van der Waals surface area contributed by atoms with Crippen molar-refractivity contribution in [2.45, 2.75) is 13.0 Å². The molecule has 1 N–H and O–H groups in total. The molecule has 2 aromatic carbocycles. The number of rotatable bonds is 2. The second-order valence-electron chi connectivity index (χ2n) is 5.84. The molecule has 23 heavy (non-hydrogen) atoms. The molecule has 1 aliphatic heterocycles. The lowest BCUT2D eigenvalue weighted by atomic mass is 10.0. The molecule has 116 valence electrons. The van der Waals surface area contributed by atoms with Crippen molar-refractivity contribution < 1.29 is 9.53 Å². The van der Waals surface area contributed by atoms with Crippen molar-refractivity contribution >= 4 is 16.8 Å². The zero-order valence-electron chi connectivity index (χ0n) is 13.0. The second kappa shape index (κ2) is 5.47. The van der Waals surface area contributed by atoms with Gasteiger partial charge < -0.3 is 14.6 Å². The molecule has 0 aliphatic carbocycles. The van der Waals surface area contributed by atoms with E-state index in [2.05, 4.69) is 17.1 Å². The minimum absolute atomic E-state index is 0.0554. The Hall–Kier alpha value is -2.75. The summed E-state index contributed by atoms with van der Waals surface area (Å²) in [6.07, 6.45) is 0.861. The lowest BCUT2D eigenvalue weighted by Gasteiger charge is -2.27. The van der Waals surface area contributed by atoms with Gasteiger partial charge in [0.25, 0.3) is 5.91 Å². The number of carbonyl (C=O) groups is 1. The standard InChI is InChI=1S/C19H18N2O2/c1-23-14-6-4-5-13(11-14)19(22)21-10-9-18-16(12-21)15-7-2-3-8-17(15)20-18/h2-8,11,20H,9-10,12H2,1H3. The Morgan fingerprint density at radius 2 is 2.04 bits per heavy atom. The van der Waals surface area contributed by atoms with E-state index in [1.54, 1.807) is 13.2 Å². The van der Waals surface area contributed by atoms with Crippen molar-refractivity contribution in [3.05, 3.63) is 65.4 Å². The van der Waals surface area contributed by atoms with Gasteiger partial charge >= 0.3 is 0 Å². The third kappa shape index (κ3) is 2.36. The first-order chi connectivity index (χ1) is 11.3. The lowest BCUT2D eigenvalue weighted by Crippen LogP contribution is -2.35. The molecule has 0 fully saturated rings. The average molecular weight is 306 g/mol. The number of fused-ring (bicyclic) bond motifs is 3. The van der Waals surface area contributed by atoms with Crippen LogP contribution in [0.4, 0.5) is 0 Å². The fourth-order valence-electron chi connectivity index (χ4n) is 3.28. The van der Waals surface area contributed by atoms with Gasteiger partial charge in [-0.2, -0.15) is 0 Å². The van der Waals surface area contributed by atoms with Gasteiger partial charge in [0.05, 0.1) is 7.11 Å². The van der Waals surface area contributed by atoms with E-state index in [4.69, 9.17) is 4.74 Å². The topological polar surface area (TPSA) is 45.3 Å². The maximum atomic E-state index is 12.8. The number of carbonyl (C=O) groups excluding carboxylic acids is 1. The number of hydrogen-bond donors (Lipinski definition) is 1. The SMILES string of the molecule is COc1cccc(C(=O)N2CCc3[nH]c4ccccc4c3C2)c1. The molecule has 0 atom stereocenters. The van der Waals surface area contributed by atoms with Gasteiger partial charge in [-0.05, 0) is 24.3 Å². The van der Waals surface area contributed by atoms with Crippen molar-refractivity contribution in [3.63, 3.8) is 0 Å². The highest BCUT2D eigenvalue weighted by atomic mass is 16.5. The molecular formula is C19H18N2O2. The summed E-state index contributed by atoms with van der Waals surface area (Å²) in [7, 11) is 1.61. The van der Waals surface area contributed by atoms with E-state index < -0.39 is 0 Å². The molecule has 0 radical (unpaired) electrons. The number of amides is 1. The fourth-order valence-corrected chi connectivity index (χ4v) is 3.28. The predicted octanol–water partition coefficient (Wildman–Crippen LogP) is 3.38. The van der Waals surface area contributed by atoms with Crippen LogP contribution < -0.4 is 4.74 Å². The van der Waals surface area contributed by atoms with Crippen LogP contribution in [0.3, 0.4) is 0 Å². The van der Waals surface area contributed by atoms with E-state index in [0.29, 0.717) is 17.9 Å². The largest absolute Gasteiger partial charge is 0.497 e. The molecule has 2 heterocycles. The van der Waals surface area contributed by atoms with E-state index in [0.717, 1.165) is 18.5 Å². The molecule has 0 unspecified atom stereocenters. The monoisotopic (exact) mass is 306 g/mol. The summed E-state index contributed by atoms with van der Waals surface area (Å²) < 4.78 is 5.22. The first-order valence-corrected chi connectivity index (χ1v) is 7.78. The molecule has 0 saturated carbocycles. The Bertz CT molecular complexity index is 882. The van der Waals surface area contributed by atoms with Gasteiger partial charge in [-0.3, -0.25) is 4.79 Å². The van der Waals surface area contributed by atoms with Gasteiger partial charge in [-0.25, -0.2) is 0 Å². The van der Waals surface area contributed by atoms with E-state index in [9.17, 15) is 4.79 Å². The smallest absolute Gasteiger partial charge is 0.254 e. The summed E-state index contributed by atoms with van der Waals surface area (Å²) in [6.45, 7) is 1.38. The molecule has 4 heteroatoms. The molecule has 1 amide bonds. The summed E-state index contributed by atoms with van der Waals surface area (Å²) >= 11 is 0. The maximum absolute atomic E-state index is 12.8. The zero-order valence-corrected chi connectivity index (χ0v) is 13.0. The van der Waals surface area contributed by atoms with E-state index in [1.807, 2.05) is 35.2 Å². The molecule has 1 aliphatic rings. The van der Waals surface area contributed by atoms with E-state index in [-0.39, 0.29) is 5.91 Å². The van der Waals surface area contributed by atoms with Gasteiger partial charge in [-0.15, -0.1) is 0 Å². The summed E-state index contributed by atoms with van der Waals surface area (Å²) in [6, 6.07) is 15.6. The first-order valence-electron chi connectivity index (χ1n) is 7.78. The number of H-pyrrole nitrogens is 1. The highest BCUT2D eigenvalue weighted by Crippen LogP contribution is 2.28. The minimum Gasteiger partial charge on any atom is -0.497 e. The van der Waals surface area contributed by atoms with Crippen molar-refractivity contribution in [1.82, 2.24) is 9.88 Å². The van der Waals surface area contributed by atoms with Gasteiger partial charge in [0.1, 0.15) is 5.75 Å². The zero-order chi connectivity index (χ0) is 15.8. The number of nitrogens with one attached hydrogen (secondary N) is 1. The van der Waals surface area contributed by atoms with Crippen molar-refractivity contribution in [3.8, 4) is 5.75 Å². The third-order valence-electron chi connectivity index (χ3n) is 4.49. The average Bonchev–Trinajstić information content (AvgIpc) is 2.99. The van der Waals surface area contributed by atoms with Crippen LogP contribution in [-0.2, 0) is 13.0 Å². The second-order valence-corrected chi connectivity index (χ2v) is 5.84. The Morgan fingerprint density at radius 3 is 2.91 bits per heavy atom. The first kappa shape index (κ1) is 13.9. The third-order valence-corrected chi connectivity index (χ3v) is 4.49. The van der Waals surface area contributed by atoms with Crippen molar-refractivity contribution in [2.24, 2.45) is 0 Å². The van der Waals surface area contributed by atoms with Crippen LogP contribution in [0.5, 0.6) is 5.75 Å². The number of methoxy groups -OCH3 is 1. The molecule has 4 rings (SSSR count). The molecule has 3 aromatic rings. The predicted molar refractivity (Wildman–Crippen MR) is 89.7 cm³/mol. The fraction of sp³-hybridized carbons (Fsp3) is 0.211. The van der Waals surface area contributed by atoms with Crippen molar-refractivity contribution in [1.29, 1.82) is 0 Å².